The predicted octanol–water partition coefficient (Wildman–Crippen LogP) is 4.34. The summed E-state index contributed by atoms with van der Waals surface area (Å²) in [6, 6.07) is 9.94. The van der Waals surface area contributed by atoms with Crippen LogP contribution >= 0.6 is 0 Å². The van der Waals surface area contributed by atoms with Gasteiger partial charge < -0.3 is 0 Å². The Morgan fingerprint density at radius 3 is 2.41 bits per heavy atom. The highest BCUT2D eigenvalue weighted by atomic mass is 19.2. The van der Waals surface area contributed by atoms with E-state index in [4.69, 9.17) is 0 Å². The SMILES string of the molecule is Cc1cccnc1N(Cc1ccnc2c(F)c(F)ccc12)c1ncccn1. The number of aryl methyl sites for hydroxylation is 1. The molecule has 0 fully saturated rings. The minimum atomic E-state index is -0.953. The summed E-state index contributed by atoms with van der Waals surface area (Å²) in [6.45, 7) is 2.27. The van der Waals surface area contributed by atoms with E-state index in [2.05, 4.69) is 19.9 Å². The number of hydrogen-bond donors (Lipinski definition) is 0. The van der Waals surface area contributed by atoms with Gasteiger partial charge in [0.05, 0.1) is 6.54 Å². The molecule has 0 radical (unpaired) electrons. The second-order valence-corrected chi connectivity index (χ2v) is 6.01. The van der Waals surface area contributed by atoms with Gasteiger partial charge in [-0.05, 0) is 48.4 Å². The maximum atomic E-state index is 14.1. The Hall–Kier alpha value is -3.48. The smallest absolute Gasteiger partial charge is 0.231 e. The molecule has 4 aromatic rings. The molecule has 134 valence electrons. The molecule has 0 spiro atoms. The lowest BCUT2D eigenvalue weighted by Crippen LogP contribution is -2.21. The number of pyridine rings is 2. The summed E-state index contributed by atoms with van der Waals surface area (Å²) >= 11 is 0. The molecule has 0 amide bonds. The zero-order valence-electron chi connectivity index (χ0n) is 14.5. The molecule has 0 aliphatic rings. The predicted molar refractivity (Wildman–Crippen MR) is 98.5 cm³/mol. The third-order valence-electron chi connectivity index (χ3n) is 4.25. The number of hydrogen-bond acceptors (Lipinski definition) is 5. The molecular formula is C20H15F2N5. The molecule has 0 N–H and O–H groups in total. The van der Waals surface area contributed by atoms with Crippen LogP contribution in [0.15, 0.2) is 61.2 Å². The van der Waals surface area contributed by atoms with Crippen LogP contribution in [0.5, 0.6) is 0 Å². The Balaban J connectivity index is 1.85. The van der Waals surface area contributed by atoms with Crippen LogP contribution in [0.2, 0.25) is 0 Å². The fourth-order valence-corrected chi connectivity index (χ4v) is 2.96. The molecule has 4 rings (SSSR count). The minimum Gasteiger partial charge on any atom is -0.290 e. The van der Waals surface area contributed by atoms with Gasteiger partial charge in [-0.2, -0.15) is 0 Å². The van der Waals surface area contributed by atoms with Gasteiger partial charge in [-0.1, -0.05) is 6.07 Å². The van der Waals surface area contributed by atoms with Crippen LogP contribution in [0.4, 0.5) is 20.5 Å². The molecule has 3 heterocycles. The van der Waals surface area contributed by atoms with Crippen LogP contribution in [0.1, 0.15) is 11.1 Å². The normalized spacial score (nSPS) is 10.9. The number of aromatic nitrogens is 4. The minimum absolute atomic E-state index is 0.000766. The topological polar surface area (TPSA) is 54.8 Å². The van der Waals surface area contributed by atoms with Crippen molar-refractivity contribution in [1.82, 2.24) is 19.9 Å². The van der Waals surface area contributed by atoms with Crippen LogP contribution in [0, 0.1) is 18.6 Å². The zero-order valence-corrected chi connectivity index (χ0v) is 14.5. The van der Waals surface area contributed by atoms with Crippen molar-refractivity contribution in [3.05, 3.63) is 83.9 Å². The van der Waals surface area contributed by atoms with Crippen LogP contribution in [-0.4, -0.2) is 19.9 Å². The van der Waals surface area contributed by atoms with Gasteiger partial charge in [0.2, 0.25) is 5.95 Å². The highest BCUT2D eigenvalue weighted by Crippen LogP contribution is 2.28. The Morgan fingerprint density at radius 2 is 1.63 bits per heavy atom. The number of benzene rings is 1. The molecule has 0 saturated heterocycles. The fourth-order valence-electron chi connectivity index (χ4n) is 2.96. The first-order valence-corrected chi connectivity index (χ1v) is 8.33. The number of nitrogens with zero attached hydrogens (tertiary/aromatic N) is 5. The van der Waals surface area contributed by atoms with E-state index in [1.807, 2.05) is 24.0 Å². The Bertz CT molecular complexity index is 1100. The quantitative estimate of drug-likeness (QED) is 0.540. The van der Waals surface area contributed by atoms with Gasteiger partial charge in [0, 0.05) is 30.2 Å². The molecular weight excluding hydrogens is 348 g/mol. The van der Waals surface area contributed by atoms with Crippen molar-refractivity contribution in [2.45, 2.75) is 13.5 Å². The van der Waals surface area contributed by atoms with E-state index in [1.54, 1.807) is 30.7 Å². The third-order valence-corrected chi connectivity index (χ3v) is 4.25. The first kappa shape index (κ1) is 17.0. The summed E-state index contributed by atoms with van der Waals surface area (Å²) in [7, 11) is 0. The zero-order chi connectivity index (χ0) is 18.8. The molecule has 27 heavy (non-hydrogen) atoms. The lowest BCUT2D eigenvalue weighted by molar-refractivity contribution is 0.515. The monoisotopic (exact) mass is 363 g/mol. The summed E-state index contributed by atoms with van der Waals surface area (Å²) in [5, 5.41) is 0.533. The average Bonchev–Trinajstić information content (AvgIpc) is 2.70. The number of anilines is 2. The Morgan fingerprint density at radius 1 is 0.852 bits per heavy atom. The molecule has 0 unspecified atom stereocenters. The molecule has 1 aromatic carbocycles. The van der Waals surface area contributed by atoms with Crippen molar-refractivity contribution in [2.24, 2.45) is 0 Å². The molecule has 3 aromatic heterocycles. The van der Waals surface area contributed by atoms with Gasteiger partial charge in [-0.15, -0.1) is 0 Å². The van der Waals surface area contributed by atoms with E-state index in [-0.39, 0.29) is 5.52 Å². The van der Waals surface area contributed by atoms with Crippen molar-refractivity contribution < 1.29 is 8.78 Å². The average molecular weight is 363 g/mol. The van der Waals surface area contributed by atoms with Crippen molar-refractivity contribution in [3.8, 4) is 0 Å². The maximum absolute atomic E-state index is 14.1. The molecule has 0 aliphatic carbocycles. The Labute approximate surface area is 154 Å². The molecule has 0 bridgehead atoms. The summed E-state index contributed by atoms with van der Waals surface area (Å²) < 4.78 is 27.7. The second kappa shape index (κ2) is 7.03. The van der Waals surface area contributed by atoms with E-state index in [0.29, 0.717) is 23.7 Å². The van der Waals surface area contributed by atoms with Gasteiger partial charge >= 0.3 is 0 Å². The van der Waals surface area contributed by atoms with E-state index in [0.717, 1.165) is 17.2 Å². The van der Waals surface area contributed by atoms with Crippen molar-refractivity contribution in [1.29, 1.82) is 0 Å². The van der Waals surface area contributed by atoms with Crippen molar-refractivity contribution >= 4 is 22.7 Å². The van der Waals surface area contributed by atoms with Gasteiger partial charge in [0.1, 0.15) is 11.3 Å². The first-order valence-electron chi connectivity index (χ1n) is 8.33. The van der Waals surface area contributed by atoms with Crippen LogP contribution in [0.25, 0.3) is 10.9 Å². The highest BCUT2D eigenvalue weighted by molar-refractivity contribution is 5.83. The van der Waals surface area contributed by atoms with Gasteiger partial charge in [-0.3, -0.25) is 9.88 Å². The van der Waals surface area contributed by atoms with Crippen molar-refractivity contribution in [2.75, 3.05) is 4.90 Å². The lowest BCUT2D eigenvalue weighted by atomic mass is 10.1. The summed E-state index contributed by atoms with van der Waals surface area (Å²) in [5.41, 5.74) is 1.70. The van der Waals surface area contributed by atoms with Crippen LogP contribution in [0.3, 0.4) is 0 Å². The van der Waals surface area contributed by atoms with Gasteiger partial charge in [0.25, 0.3) is 0 Å². The van der Waals surface area contributed by atoms with E-state index >= 15 is 0 Å². The van der Waals surface area contributed by atoms with Gasteiger partial charge in [0.15, 0.2) is 11.6 Å². The number of halogens is 2. The molecule has 7 heteroatoms. The molecule has 0 atom stereocenters. The first-order chi connectivity index (χ1) is 13.1. The summed E-state index contributed by atoms with van der Waals surface area (Å²) in [4.78, 5) is 18.9. The summed E-state index contributed by atoms with van der Waals surface area (Å²) in [5.74, 6) is -0.718. The van der Waals surface area contributed by atoms with Crippen molar-refractivity contribution in [3.63, 3.8) is 0 Å². The van der Waals surface area contributed by atoms with Gasteiger partial charge in [-0.25, -0.2) is 23.7 Å². The third kappa shape index (κ3) is 3.19. The fraction of sp³-hybridized carbons (Fsp3) is 0.100. The molecule has 0 saturated carbocycles. The number of rotatable bonds is 4. The number of fused-ring (bicyclic) bond motifs is 1. The second-order valence-electron chi connectivity index (χ2n) is 6.01. The van der Waals surface area contributed by atoms with E-state index in [1.165, 1.54) is 12.3 Å². The van der Waals surface area contributed by atoms with E-state index < -0.39 is 11.6 Å². The molecule has 5 nitrogen and oxygen atoms in total. The standard InChI is InChI=1S/C20H15F2N5/c1-13-4-2-8-24-19(13)27(20-25-9-3-10-26-20)12-14-7-11-23-18-15(14)5-6-16(21)17(18)22/h2-11H,12H2,1H3. The van der Waals surface area contributed by atoms with E-state index in [9.17, 15) is 8.78 Å². The largest absolute Gasteiger partial charge is 0.290 e. The molecule has 0 aliphatic heterocycles. The van der Waals surface area contributed by atoms with Crippen LogP contribution in [-0.2, 0) is 6.54 Å². The highest BCUT2D eigenvalue weighted by Gasteiger charge is 2.18. The van der Waals surface area contributed by atoms with Crippen LogP contribution < -0.4 is 4.90 Å². The Kier molecular flexibility index (Phi) is 4.42. The summed E-state index contributed by atoms with van der Waals surface area (Å²) in [6.07, 6.45) is 6.45. The lowest BCUT2D eigenvalue weighted by Gasteiger charge is -2.23. The maximum Gasteiger partial charge on any atom is 0.231 e.